The first-order chi connectivity index (χ1) is 8.26. The fourth-order valence-electron chi connectivity index (χ4n) is 1.52. The highest BCUT2D eigenvalue weighted by atomic mass is 16.5. The van der Waals surface area contributed by atoms with Crippen molar-refractivity contribution in [1.82, 2.24) is 9.78 Å². The van der Waals surface area contributed by atoms with Crippen molar-refractivity contribution in [3.8, 4) is 17.5 Å². The number of nitrogen functional groups attached to an aromatic ring is 1. The van der Waals surface area contributed by atoms with E-state index in [0.717, 1.165) is 11.4 Å². The number of hydrogen-bond donors (Lipinski definition) is 1. The Bertz CT molecular complexity index is 568. The third-order valence-corrected chi connectivity index (χ3v) is 2.30. The highest BCUT2D eigenvalue weighted by Crippen LogP contribution is 2.20. The average Bonchev–Trinajstić information content (AvgIpc) is 2.71. The van der Waals surface area contributed by atoms with Crippen molar-refractivity contribution >= 4 is 5.82 Å². The molecule has 86 valence electrons. The molecule has 0 amide bonds. The molecule has 2 N–H and O–H groups in total. The summed E-state index contributed by atoms with van der Waals surface area (Å²) >= 11 is 0. The standard InChI is InChI=1S/C12H12N4O/c1-2-17-11-5-3-4-10(6-11)16-12(14)9(7-13)8-15-16/h3-6,8H,2,14H2,1H3. The van der Waals surface area contributed by atoms with Crippen LogP contribution in [0.1, 0.15) is 12.5 Å². The topological polar surface area (TPSA) is 76.9 Å². The number of anilines is 1. The number of nitriles is 1. The third-order valence-electron chi connectivity index (χ3n) is 2.30. The molecule has 0 aliphatic heterocycles. The minimum atomic E-state index is 0.334. The third kappa shape index (κ3) is 2.06. The molecule has 0 atom stereocenters. The molecule has 1 aromatic carbocycles. The van der Waals surface area contributed by atoms with Gasteiger partial charge in [0.05, 0.1) is 18.5 Å². The van der Waals surface area contributed by atoms with Gasteiger partial charge in [0.2, 0.25) is 0 Å². The molecule has 17 heavy (non-hydrogen) atoms. The molecule has 0 aliphatic carbocycles. The number of nitrogens with zero attached hydrogens (tertiary/aromatic N) is 3. The van der Waals surface area contributed by atoms with Crippen LogP contribution in [-0.2, 0) is 0 Å². The fourth-order valence-corrected chi connectivity index (χ4v) is 1.52. The van der Waals surface area contributed by atoms with E-state index in [1.54, 1.807) is 0 Å². The van der Waals surface area contributed by atoms with E-state index in [1.807, 2.05) is 37.3 Å². The first kappa shape index (κ1) is 11.0. The van der Waals surface area contributed by atoms with E-state index in [-0.39, 0.29) is 0 Å². The Kier molecular flexibility index (Phi) is 2.97. The number of hydrogen-bond acceptors (Lipinski definition) is 4. The minimum absolute atomic E-state index is 0.334. The van der Waals surface area contributed by atoms with Gasteiger partial charge in [-0.05, 0) is 19.1 Å². The van der Waals surface area contributed by atoms with Gasteiger partial charge >= 0.3 is 0 Å². The molecule has 0 bridgehead atoms. The zero-order chi connectivity index (χ0) is 12.3. The number of rotatable bonds is 3. The Balaban J connectivity index is 2.42. The van der Waals surface area contributed by atoms with Gasteiger partial charge in [-0.3, -0.25) is 0 Å². The molecule has 5 nitrogen and oxygen atoms in total. The van der Waals surface area contributed by atoms with Crippen molar-refractivity contribution < 1.29 is 4.74 Å². The summed E-state index contributed by atoms with van der Waals surface area (Å²) in [6.07, 6.45) is 1.45. The van der Waals surface area contributed by atoms with E-state index in [4.69, 9.17) is 15.7 Å². The van der Waals surface area contributed by atoms with Gasteiger partial charge in [0.15, 0.2) is 0 Å². The predicted octanol–water partition coefficient (Wildman–Crippen LogP) is 1.72. The summed E-state index contributed by atoms with van der Waals surface area (Å²) in [4.78, 5) is 0. The molecule has 1 aromatic heterocycles. The van der Waals surface area contributed by atoms with Crippen molar-refractivity contribution in [2.45, 2.75) is 6.92 Å². The smallest absolute Gasteiger partial charge is 0.145 e. The summed E-state index contributed by atoms with van der Waals surface area (Å²) in [5.74, 6) is 1.08. The van der Waals surface area contributed by atoms with Crippen LogP contribution in [0.4, 0.5) is 5.82 Å². The Morgan fingerprint density at radius 1 is 1.53 bits per heavy atom. The lowest BCUT2D eigenvalue weighted by Crippen LogP contribution is -2.03. The van der Waals surface area contributed by atoms with Gasteiger partial charge in [0, 0.05) is 6.07 Å². The van der Waals surface area contributed by atoms with Gasteiger partial charge in [0.25, 0.3) is 0 Å². The molecular weight excluding hydrogens is 216 g/mol. The van der Waals surface area contributed by atoms with Gasteiger partial charge in [-0.2, -0.15) is 10.4 Å². The van der Waals surface area contributed by atoms with Gasteiger partial charge in [0.1, 0.15) is 23.2 Å². The van der Waals surface area contributed by atoms with Crippen LogP contribution in [0.25, 0.3) is 5.69 Å². The van der Waals surface area contributed by atoms with Crippen LogP contribution in [0.15, 0.2) is 30.5 Å². The maximum Gasteiger partial charge on any atom is 0.145 e. The van der Waals surface area contributed by atoms with Crippen LogP contribution in [0.5, 0.6) is 5.75 Å². The van der Waals surface area contributed by atoms with Crippen LogP contribution < -0.4 is 10.5 Å². The van der Waals surface area contributed by atoms with E-state index >= 15 is 0 Å². The van der Waals surface area contributed by atoms with Crippen LogP contribution >= 0.6 is 0 Å². The van der Waals surface area contributed by atoms with Crippen molar-refractivity contribution in [3.63, 3.8) is 0 Å². The van der Waals surface area contributed by atoms with Crippen LogP contribution in [-0.4, -0.2) is 16.4 Å². The molecule has 0 saturated carbocycles. The van der Waals surface area contributed by atoms with E-state index in [9.17, 15) is 0 Å². The average molecular weight is 228 g/mol. The lowest BCUT2D eigenvalue weighted by atomic mass is 10.3. The molecule has 2 rings (SSSR count). The van der Waals surface area contributed by atoms with Gasteiger partial charge in [-0.1, -0.05) is 6.07 Å². The molecule has 0 spiro atoms. The highest BCUT2D eigenvalue weighted by Gasteiger charge is 2.08. The number of aromatic nitrogens is 2. The van der Waals surface area contributed by atoms with E-state index in [0.29, 0.717) is 18.0 Å². The number of benzene rings is 1. The number of ether oxygens (including phenoxy) is 1. The molecule has 0 unspecified atom stereocenters. The SMILES string of the molecule is CCOc1cccc(-n2ncc(C#N)c2N)c1. The molecule has 0 radical (unpaired) electrons. The first-order valence-corrected chi connectivity index (χ1v) is 5.23. The van der Waals surface area contributed by atoms with Crippen molar-refractivity contribution in [2.24, 2.45) is 0 Å². The van der Waals surface area contributed by atoms with Crippen molar-refractivity contribution in [1.29, 1.82) is 5.26 Å². The molecule has 0 fully saturated rings. The summed E-state index contributed by atoms with van der Waals surface area (Å²) in [6, 6.07) is 9.38. The van der Waals surface area contributed by atoms with Crippen LogP contribution in [0.3, 0.4) is 0 Å². The lowest BCUT2D eigenvalue weighted by molar-refractivity contribution is 0.340. The quantitative estimate of drug-likeness (QED) is 0.867. The summed E-state index contributed by atoms with van der Waals surface area (Å²) < 4.78 is 6.91. The molecule has 2 aromatic rings. The summed E-state index contributed by atoms with van der Waals surface area (Å²) in [5, 5.41) is 12.9. The summed E-state index contributed by atoms with van der Waals surface area (Å²) in [6.45, 7) is 2.52. The van der Waals surface area contributed by atoms with Crippen molar-refractivity contribution in [3.05, 3.63) is 36.0 Å². The second kappa shape index (κ2) is 4.58. The Hall–Kier alpha value is -2.48. The van der Waals surface area contributed by atoms with Crippen LogP contribution in [0, 0.1) is 11.3 Å². The van der Waals surface area contributed by atoms with Gasteiger partial charge in [-0.25, -0.2) is 4.68 Å². The maximum atomic E-state index is 8.81. The Labute approximate surface area is 99.0 Å². The summed E-state index contributed by atoms with van der Waals surface area (Å²) in [7, 11) is 0. The predicted molar refractivity (Wildman–Crippen MR) is 63.9 cm³/mol. The van der Waals surface area contributed by atoms with E-state index in [1.165, 1.54) is 10.9 Å². The zero-order valence-electron chi connectivity index (χ0n) is 9.42. The molecule has 5 heteroatoms. The van der Waals surface area contributed by atoms with Crippen LogP contribution in [0.2, 0.25) is 0 Å². The monoisotopic (exact) mass is 228 g/mol. The molecule has 0 aliphatic rings. The number of nitrogens with two attached hydrogens (primary N) is 1. The second-order valence-corrected chi connectivity index (χ2v) is 3.40. The Morgan fingerprint density at radius 2 is 2.35 bits per heavy atom. The highest BCUT2D eigenvalue weighted by molar-refractivity contribution is 5.53. The largest absolute Gasteiger partial charge is 0.494 e. The molecule has 0 saturated heterocycles. The van der Waals surface area contributed by atoms with E-state index < -0.39 is 0 Å². The lowest BCUT2D eigenvalue weighted by Gasteiger charge is -2.07. The molecular formula is C12H12N4O. The zero-order valence-corrected chi connectivity index (χ0v) is 9.42. The second-order valence-electron chi connectivity index (χ2n) is 3.40. The van der Waals surface area contributed by atoms with Gasteiger partial charge < -0.3 is 10.5 Å². The van der Waals surface area contributed by atoms with E-state index in [2.05, 4.69) is 5.10 Å². The van der Waals surface area contributed by atoms with Gasteiger partial charge in [-0.15, -0.1) is 0 Å². The minimum Gasteiger partial charge on any atom is -0.494 e. The maximum absolute atomic E-state index is 8.81. The fraction of sp³-hybridized carbons (Fsp3) is 0.167. The normalized spacial score (nSPS) is 9.88. The van der Waals surface area contributed by atoms with Crippen molar-refractivity contribution in [2.75, 3.05) is 12.3 Å². The summed E-state index contributed by atoms with van der Waals surface area (Å²) in [5.41, 5.74) is 6.95. The first-order valence-electron chi connectivity index (χ1n) is 5.23. The molecule has 1 heterocycles. The Morgan fingerprint density at radius 3 is 3.00 bits per heavy atom.